The number of hydrogen-bond acceptors (Lipinski definition) is 8. The zero-order chi connectivity index (χ0) is 30.9. The third kappa shape index (κ3) is 11.4. The molecular weight excluding hydrogens is 554 g/mol. The molecule has 3 rings (SSSR count). The fourth-order valence-electron chi connectivity index (χ4n) is 3.72. The highest BCUT2D eigenvalue weighted by molar-refractivity contribution is 6.00. The van der Waals surface area contributed by atoms with Crippen LogP contribution in [0.25, 0.3) is 0 Å². The summed E-state index contributed by atoms with van der Waals surface area (Å²) >= 11 is 0. The molecule has 11 nitrogen and oxygen atoms in total. The highest BCUT2D eigenvalue weighted by Crippen LogP contribution is 2.19. The van der Waals surface area contributed by atoms with E-state index < -0.39 is 16.7 Å². The standard InChI is InChI=1S/C32H35N3O8/c1-3-13-40-15-17-42-29-9-5-24(6-10-29)22-33-31(36)26-19-27(21-28(20-26)35(38)39)32(37)34-23-25-7-11-30(12-8-25)43-18-16-41-14-4-2/h3-12,19-21H,1-2,13-18,22-23H2,(H,33,36)(H,34,37). The van der Waals surface area contributed by atoms with E-state index in [4.69, 9.17) is 18.9 Å². The van der Waals surface area contributed by atoms with Crippen LogP contribution in [-0.2, 0) is 22.6 Å². The van der Waals surface area contributed by atoms with Gasteiger partial charge in [0.15, 0.2) is 0 Å². The normalized spacial score (nSPS) is 10.4. The van der Waals surface area contributed by atoms with Crippen molar-refractivity contribution >= 4 is 17.5 Å². The van der Waals surface area contributed by atoms with Crippen LogP contribution in [0.3, 0.4) is 0 Å². The number of benzene rings is 3. The number of nitro benzene ring substituents is 1. The highest BCUT2D eigenvalue weighted by atomic mass is 16.6. The Morgan fingerprint density at radius 2 is 1.12 bits per heavy atom. The van der Waals surface area contributed by atoms with Crippen molar-refractivity contribution in [1.82, 2.24) is 10.6 Å². The largest absolute Gasteiger partial charge is 0.491 e. The first-order valence-corrected chi connectivity index (χ1v) is 13.6. The molecular formula is C32H35N3O8. The number of nitrogens with zero attached hydrogens (tertiary/aromatic N) is 1. The summed E-state index contributed by atoms with van der Waals surface area (Å²) in [5.74, 6) is 0.202. The summed E-state index contributed by atoms with van der Waals surface area (Å²) in [6.07, 6.45) is 3.32. The Balaban J connectivity index is 1.54. The molecule has 0 aromatic heterocycles. The average molecular weight is 590 g/mol. The highest BCUT2D eigenvalue weighted by Gasteiger charge is 2.18. The maximum atomic E-state index is 12.9. The Morgan fingerprint density at radius 3 is 1.49 bits per heavy atom. The third-order valence-corrected chi connectivity index (χ3v) is 5.87. The van der Waals surface area contributed by atoms with Gasteiger partial charge in [-0.1, -0.05) is 36.4 Å². The number of carbonyl (C=O) groups excluding carboxylic acids is 2. The second kappa shape index (κ2) is 17.7. The van der Waals surface area contributed by atoms with Crippen molar-refractivity contribution in [1.29, 1.82) is 0 Å². The fraction of sp³-hybridized carbons (Fsp3) is 0.250. The number of non-ortho nitro benzene ring substituents is 1. The second-order valence-electron chi connectivity index (χ2n) is 9.10. The Labute approximate surface area is 250 Å². The predicted molar refractivity (Wildman–Crippen MR) is 161 cm³/mol. The van der Waals surface area contributed by atoms with Gasteiger partial charge < -0.3 is 29.6 Å². The second-order valence-corrected chi connectivity index (χ2v) is 9.10. The Bertz CT molecular complexity index is 1280. The lowest BCUT2D eigenvalue weighted by Crippen LogP contribution is -2.25. The molecule has 0 spiro atoms. The van der Waals surface area contributed by atoms with E-state index in [0.29, 0.717) is 51.1 Å². The van der Waals surface area contributed by atoms with Crippen LogP contribution in [0.2, 0.25) is 0 Å². The van der Waals surface area contributed by atoms with Gasteiger partial charge in [-0.15, -0.1) is 13.2 Å². The van der Waals surface area contributed by atoms with E-state index in [9.17, 15) is 19.7 Å². The van der Waals surface area contributed by atoms with Crippen molar-refractivity contribution in [3.63, 3.8) is 0 Å². The van der Waals surface area contributed by atoms with Crippen LogP contribution in [0.15, 0.2) is 92.0 Å². The van der Waals surface area contributed by atoms with Crippen molar-refractivity contribution < 1.29 is 33.5 Å². The molecule has 0 atom stereocenters. The summed E-state index contributed by atoms with van der Waals surface area (Å²) in [5, 5.41) is 17.0. The average Bonchev–Trinajstić information content (AvgIpc) is 3.03. The van der Waals surface area contributed by atoms with E-state index in [1.807, 2.05) is 0 Å². The molecule has 2 N–H and O–H groups in total. The van der Waals surface area contributed by atoms with Crippen LogP contribution in [-0.4, -0.2) is 56.4 Å². The summed E-state index contributed by atoms with van der Waals surface area (Å²) in [4.78, 5) is 36.6. The minimum absolute atomic E-state index is 0.00241. The number of nitrogens with one attached hydrogen (secondary N) is 2. The molecule has 0 aliphatic rings. The molecule has 0 unspecified atom stereocenters. The molecule has 0 saturated heterocycles. The quantitative estimate of drug-likeness (QED) is 0.0894. The van der Waals surface area contributed by atoms with Crippen molar-refractivity contribution in [3.05, 3.63) is 124 Å². The molecule has 0 aliphatic carbocycles. The van der Waals surface area contributed by atoms with E-state index in [1.54, 1.807) is 60.7 Å². The topological polar surface area (TPSA) is 138 Å². The lowest BCUT2D eigenvalue weighted by Gasteiger charge is -2.10. The Hall–Kier alpha value is -5.00. The van der Waals surface area contributed by atoms with Crippen molar-refractivity contribution in [2.24, 2.45) is 0 Å². The summed E-state index contributed by atoms with van der Waals surface area (Å²) < 4.78 is 21.7. The van der Waals surface area contributed by atoms with Gasteiger partial charge in [0, 0.05) is 36.3 Å². The predicted octanol–water partition coefficient (Wildman–Crippen LogP) is 4.62. The van der Waals surface area contributed by atoms with Crippen molar-refractivity contribution in [2.45, 2.75) is 13.1 Å². The summed E-state index contributed by atoms with van der Waals surface area (Å²) in [5.41, 5.74) is 1.22. The van der Waals surface area contributed by atoms with Crippen LogP contribution in [0, 0.1) is 10.1 Å². The lowest BCUT2D eigenvalue weighted by atomic mass is 10.1. The van der Waals surface area contributed by atoms with Gasteiger partial charge in [0.1, 0.15) is 24.7 Å². The number of ether oxygens (including phenoxy) is 4. The van der Waals surface area contributed by atoms with Gasteiger partial charge in [-0.3, -0.25) is 19.7 Å². The van der Waals surface area contributed by atoms with Gasteiger partial charge in [0.25, 0.3) is 17.5 Å². The van der Waals surface area contributed by atoms with Crippen LogP contribution in [0.5, 0.6) is 11.5 Å². The van der Waals surface area contributed by atoms with E-state index in [-0.39, 0.29) is 29.9 Å². The van der Waals surface area contributed by atoms with E-state index in [1.165, 1.54) is 6.07 Å². The van der Waals surface area contributed by atoms with Crippen molar-refractivity contribution in [2.75, 3.05) is 39.6 Å². The zero-order valence-electron chi connectivity index (χ0n) is 23.8. The van der Waals surface area contributed by atoms with Crippen LogP contribution in [0.1, 0.15) is 31.8 Å². The van der Waals surface area contributed by atoms with E-state index in [2.05, 4.69) is 23.8 Å². The maximum absolute atomic E-state index is 12.9. The Morgan fingerprint density at radius 1 is 0.698 bits per heavy atom. The van der Waals surface area contributed by atoms with Gasteiger partial charge in [0.05, 0.1) is 31.4 Å². The molecule has 0 radical (unpaired) electrons. The molecule has 0 saturated carbocycles. The van der Waals surface area contributed by atoms with E-state index >= 15 is 0 Å². The van der Waals surface area contributed by atoms with Gasteiger partial charge in [0.2, 0.25) is 0 Å². The molecule has 11 heteroatoms. The maximum Gasteiger partial charge on any atom is 0.271 e. The van der Waals surface area contributed by atoms with Gasteiger partial charge in [-0.05, 0) is 41.5 Å². The minimum atomic E-state index is -0.643. The first-order valence-electron chi connectivity index (χ1n) is 13.6. The lowest BCUT2D eigenvalue weighted by molar-refractivity contribution is -0.384. The van der Waals surface area contributed by atoms with Gasteiger partial charge in [-0.25, -0.2) is 0 Å². The molecule has 2 amide bonds. The van der Waals surface area contributed by atoms with Gasteiger partial charge >= 0.3 is 0 Å². The van der Waals surface area contributed by atoms with Crippen molar-refractivity contribution in [3.8, 4) is 11.5 Å². The first-order chi connectivity index (χ1) is 20.9. The number of hydrogen-bond donors (Lipinski definition) is 2. The molecule has 0 fully saturated rings. The molecule has 0 bridgehead atoms. The molecule has 3 aromatic carbocycles. The first kappa shape index (κ1) is 32.5. The Kier molecular flexibility index (Phi) is 13.4. The number of nitro groups is 1. The minimum Gasteiger partial charge on any atom is -0.491 e. The molecule has 226 valence electrons. The fourth-order valence-corrected chi connectivity index (χ4v) is 3.72. The number of carbonyl (C=O) groups is 2. The van der Waals surface area contributed by atoms with E-state index in [0.717, 1.165) is 23.3 Å². The molecule has 0 aliphatic heterocycles. The molecule has 0 heterocycles. The summed E-state index contributed by atoms with van der Waals surface area (Å²) in [6, 6.07) is 17.9. The summed E-state index contributed by atoms with van der Waals surface area (Å²) in [6.45, 7) is 10.1. The van der Waals surface area contributed by atoms with Gasteiger partial charge in [-0.2, -0.15) is 0 Å². The van der Waals surface area contributed by atoms with Crippen LogP contribution >= 0.6 is 0 Å². The molecule has 43 heavy (non-hydrogen) atoms. The number of rotatable bonds is 19. The zero-order valence-corrected chi connectivity index (χ0v) is 23.8. The molecule has 3 aromatic rings. The van der Waals surface area contributed by atoms with Crippen LogP contribution in [0.4, 0.5) is 5.69 Å². The van der Waals surface area contributed by atoms with Crippen LogP contribution < -0.4 is 20.1 Å². The SMILES string of the molecule is C=CCOCCOc1ccc(CNC(=O)c2cc(C(=O)NCc3ccc(OCCOCC=C)cc3)cc([N+](=O)[O-])c2)cc1. The smallest absolute Gasteiger partial charge is 0.271 e. The third-order valence-electron chi connectivity index (χ3n) is 5.87. The summed E-state index contributed by atoms with van der Waals surface area (Å²) in [7, 11) is 0. The number of amides is 2. The monoisotopic (exact) mass is 589 g/mol.